The normalized spacial score (nSPS) is 22.1. The van der Waals surface area contributed by atoms with E-state index < -0.39 is 0 Å². The molecular formula is C19H18N2O2. The molecule has 0 spiro atoms. The Hall–Kier alpha value is -2.62. The Bertz CT molecular complexity index is 770. The first-order valence-electron chi connectivity index (χ1n) is 7.86. The summed E-state index contributed by atoms with van der Waals surface area (Å²) in [5.74, 6) is -0.611. The molecule has 0 aliphatic carbocycles. The van der Waals surface area contributed by atoms with E-state index in [2.05, 4.69) is 18.2 Å². The Labute approximate surface area is 135 Å². The molecule has 4 nitrogen and oxygen atoms in total. The van der Waals surface area contributed by atoms with E-state index >= 15 is 0 Å². The lowest BCUT2D eigenvalue weighted by Gasteiger charge is -2.33. The number of carbonyl (C=O) groups is 1. The highest BCUT2D eigenvalue weighted by Crippen LogP contribution is 2.42. The Morgan fingerprint density at radius 3 is 2.65 bits per heavy atom. The van der Waals surface area contributed by atoms with Gasteiger partial charge in [0.25, 0.3) is 0 Å². The maximum atomic E-state index is 12.5. The average molecular weight is 306 g/mol. The van der Waals surface area contributed by atoms with Gasteiger partial charge in [0.1, 0.15) is 5.92 Å². The van der Waals surface area contributed by atoms with Gasteiger partial charge in [-0.1, -0.05) is 54.6 Å². The molecule has 4 rings (SSSR count). The third-order valence-electron chi connectivity index (χ3n) is 4.68. The third kappa shape index (κ3) is 2.22. The van der Waals surface area contributed by atoms with E-state index in [-0.39, 0.29) is 17.9 Å². The summed E-state index contributed by atoms with van der Waals surface area (Å²) in [6.45, 7) is 0.825. The van der Waals surface area contributed by atoms with E-state index in [4.69, 9.17) is 9.84 Å². The number of carbonyl (C=O) groups excluding carboxylic acids is 1. The van der Waals surface area contributed by atoms with Crippen LogP contribution in [-0.4, -0.2) is 30.3 Å². The number of benzene rings is 2. The van der Waals surface area contributed by atoms with Crippen LogP contribution in [0.1, 0.15) is 22.7 Å². The Balaban J connectivity index is 1.83. The zero-order chi connectivity index (χ0) is 15.8. The molecule has 0 saturated carbocycles. The predicted octanol–water partition coefficient (Wildman–Crippen LogP) is 2.79. The summed E-state index contributed by atoms with van der Waals surface area (Å²) in [7, 11) is 1.45. The van der Waals surface area contributed by atoms with Crippen molar-refractivity contribution in [3.63, 3.8) is 0 Å². The van der Waals surface area contributed by atoms with Gasteiger partial charge in [-0.2, -0.15) is 5.10 Å². The van der Waals surface area contributed by atoms with E-state index in [0.717, 1.165) is 24.2 Å². The van der Waals surface area contributed by atoms with Crippen LogP contribution in [0.15, 0.2) is 59.7 Å². The molecule has 0 aromatic heterocycles. The molecule has 2 aromatic carbocycles. The van der Waals surface area contributed by atoms with Crippen LogP contribution in [0.2, 0.25) is 0 Å². The van der Waals surface area contributed by atoms with Crippen LogP contribution in [0.3, 0.4) is 0 Å². The van der Waals surface area contributed by atoms with Crippen molar-refractivity contribution in [2.45, 2.75) is 12.5 Å². The van der Waals surface area contributed by atoms with Gasteiger partial charge in [-0.15, -0.1) is 0 Å². The van der Waals surface area contributed by atoms with Crippen LogP contribution >= 0.6 is 0 Å². The second-order valence-corrected chi connectivity index (χ2v) is 5.91. The molecule has 0 radical (unpaired) electrons. The van der Waals surface area contributed by atoms with Gasteiger partial charge in [0, 0.05) is 6.54 Å². The summed E-state index contributed by atoms with van der Waals surface area (Å²) in [5.41, 5.74) is 4.27. The number of fused-ring (bicyclic) bond motifs is 3. The van der Waals surface area contributed by atoms with Crippen molar-refractivity contribution < 1.29 is 9.53 Å². The Morgan fingerprint density at radius 2 is 1.87 bits per heavy atom. The fourth-order valence-corrected chi connectivity index (χ4v) is 3.61. The highest BCUT2D eigenvalue weighted by molar-refractivity contribution is 6.13. The van der Waals surface area contributed by atoms with Crippen LogP contribution in [0, 0.1) is 5.92 Å². The van der Waals surface area contributed by atoms with Crippen LogP contribution in [-0.2, 0) is 16.0 Å². The van der Waals surface area contributed by atoms with E-state index in [9.17, 15) is 4.79 Å². The molecule has 0 saturated heterocycles. The number of ether oxygens (including phenoxy) is 1. The maximum Gasteiger partial charge on any atom is 0.317 e. The molecular weight excluding hydrogens is 288 g/mol. The SMILES string of the molecule is COC(=O)[C@H]1C(c2ccccc2)=NN2CCc3ccccc3[C@H]12. The lowest BCUT2D eigenvalue weighted by atomic mass is 9.83. The first-order chi connectivity index (χ1) is 11.3. The molecule has 0 N–H and O–H groups in total. The summed E-state index contributed by atoms with van der Waals surface area (Å²) in [4.78, 5) is 12.5. The molecule has 2 aliphatic heterocycles. The Kier molecular flexibility index (Phi) is 3.37. The minimum absolute atomic E-state index is 0.0670. The molecule has 2 aromatic rings. The largest absolute Gasteiger partial charge is 0.468 e. The number of hydrogen-bond donors (Lipinski definition) is 0. The second kappa shape index (κ2) is 5.54. The van der Waals surface area contributed by atoms with E-state index in [0.29, 0.717) is 0 Å². The standard InChI is InChI=1S/C19H18N2O2/c1-23-19(22)16-17(14-8-3-2-4-9-14)20-21-12-11-13-7-5-6-10-15(13)18(16)21/h2-10,16,18H,11-12H2,1H3/t16-,18+/m0/s1. The number of methoxy groups -OCH3 is 1. The maximum absolute atomic E-state index is 12.5. The average Bonchev–Trinajstić information content (AvgIpc) is 3.02. The molecule has 23 heavy (non-hydrogen) atoms. The quantitative estimate of drug-likeness (QED) is 0.801. The second-order valence-electron chi connectivity index (χ2n) is 5.91. The summed E-state index contributed by atoms with van der Waals surface area (Å²) in [6.07, 6.45) is 0.951. The lowest BCUT2D eigenvalue weighted by molar-refractivity contribution is -0.144. The molecule has 4 heteroatoms. The highest BCUT2D eigenvalue weighted by atomic mass is 16.5. The molecule has 116 valence electrons. The first kappa shape index (κ1) is 14.0. The van der Waals surface area contributed by atoms with Crippen molar-refractivity contribution in [3.05, 3.63) is 71.3 Å². The molecule has 2 aliphatic rings. The van der Waals surface area contributed by atoms with Crippen LogP contribution in [0.4, 0.5) is 0 Å². The van der Waals surface area contributed by atoms with Crippen LogP contribution < -0.4 is 0 Å². The number of nitrogens with zero attached hydrogens (tertiary/aromatic N) is 2. The smallest absolute Gasteiger partial charge is 0.317 e. The Morgan fingerprint density at radius 1 is 1.13 bits per heavy atom. The zero-order valence-electron chi connectivity index (χ0n) is 13.0. The van der Waals surface area contributed by atoms with Gasteiger partial charge < -0.3 is 4.74 Å². The first-order valence-corrected chi connectivity index (χ1v) is 7.86. The van der Waals surface area contributed by atoms with E-state index in [1.807, 2.05) is 41.4 Å². The van der Waals surface area contributed by atoms with Gasteiger partial charge >= 0.3 is 5.97 Å². The van der Waals surface area contributed by atoms with Crippen molar-refractivity contribution in [2.75, 3.05) is 13.7 Å². The fraction of sp³-hybridized carbons (Fsp3) is 0.263. The number of rotatable bonds is 2. The summed E-state index contributed by atoms with van der Waals surface area (Å²) < 4.78 is 5.10. The summed E-state index contributed by atoms with van der Waals surface area (Å²) in [5, 5.41) is 6.83. The van der Waals surface area contributed by atoms with Gasteiger partial charge in [-0.05, 0) is 23.1 Å². The van der Waals surface area contributed by atoms with Gasteiger partial charge in [-0.25, -0.2) is 0 Å². The molecule has 0 unspecified atom stereocenters. The molecule has 0 amide bonds. The zero-order valence-corrected chi connectivity index (χ0v) is 13.0. The molecule has 2 atom stereocenters. The number of hydrazone groups is 1. The molecule has 2 heterocycles. The summed E-state index contributed by atoms with van der Waals surface area (Å²) >= 11 is 0. The number of esters is 1. The van der Waals surface area contributed by atoms with Gasteiger partial charge in [0.05, 0.1) is 18.9 Å². The topological polar surface area (TPSA) is 41.9 Å². The van der Waals surface area contributed by atoms with E-state index in [1.54, 1.807) is 0 Å². The number of hydrogen-bond acceptors (Lipinski definition) is 4. The van der Waals surface area contributed by atoms with Crippen molar-refractivity contribution in [3.8, 4) is 0 Å². The molecule has 0 fully saturated rings. The van der Waals surface area contributed by atoms with Gasteiger partial charge in [-0.3, -0.25) is 9.80 Å². The lowest BCUT2D eigenvalue weighted by Crippen LogP contribution is -2.36. The minimum Gasteiger partial charge on any atom is -0.468 e. The van der Waals surface area contributed by atoms with Crippen molar-refractivity contribution in [1.29, 1.82) is 0 Å². The van der Waals surface area contributed by atoms with Gasteiger partial charge in [0.15, 0.2) is 0 Å². The fourth-order valence-electron chi connectivity index (χ4n) is 3.61. The van der Waals surface area contributed by atoms with Gasteiger partial charge in [0.2, 0.25) is 0 Å². The molecule has 0 bridgehead atoms. The van der Waals surface area contributed by atoms with Crippen LogP contribution in [0.25, 0.3) is 0 Å². The van der Waals surface area contributed by atoms with E-state index in [1.165, 1.54) is 18.2 Å². The highest BCUT2D eigenvalue weighted by Gasteiger charge is 2.46. The van der Waals surface area contributed by atoms with Crippen molar-refractivity contribution >= 4 is 11.7 Å². The summed E-state index contributed by atoms with van der Waals surface area (Å²) in [6, 6.07) is 18.2. The van der Waals surface area contributed by atoms with Crippen molar-refractivity contribution in [2.24, 2.45) is 11.0 Å². The minimum atomic E-state index is -0.385. The monoisotopic (exact) mass is 306 g/mol. The third-order valence-corrected chi connectivity index (χ3v) is 4.68. The predicted molar refractivity (Wildman–Crippen MR) is 88.1 cm³/mol. The van der Waals surface area contributed by atoms with Crippen molar-refractivity contribution in [1.82, 2.24) is 5.01 Å². The van der Waals surface area contributed by atoms with Crippen LogP contribution in [0.5, 0.6) is 0 Å².